The van der Waals surface area contributed by atoms with Crippen LogP contribution < -0.4 is 0 Å². The van der Waals surface area contributed by atoms with E-state index in [0.717, 1.165) is 15.4 Å². The van der Waals surface area contributed by atoms with Crippen molar-refractivity contribution in [3.8, 4) is 0 Å². The summed E-state index contributed by atoms with van der Waals surface area (Å²) in [7, 11) is 0. The van der Waals surface area contributed by atoms with Crippen LogP contribution in [0.2, 0.25) is 0 Å². The van der Waals surface area contributed by atoms with Crippen LogP contribution in [0.3, 0.4) is 0 Å². The predicted octanol–water partition coefficient (Wildman–Crippen LogP) is 4.24. The van der Waals surface area contributed by atoms with Crippen LogP contribution in [-0.4, -0.2) is 11.1 Å². The van der Waals surface area contributed by atoms with Crippen LogP contribution in [0.1, 0.15) is 24.8 Å². The normalized spacial score (nSPS) is 12.9. The second kappa shape index (κ2) is 4.55. The number of rotatable bonds is 3. The Balaban J connectivity index is 2.44. The Bertz CT molecular complexity index is 533. The third-order valence-corrected chi connectivity index (χ3v) is 4.05. The Labute approximate surface area is 106 Å². The quantitative estimate of drug-likeness (QED) is 0.920. The van der Waals surface area contributed by atoms with Gasteiger partial charge >= 0.3 is 5.97 Å². The molecule has 0 aliphatic carbocycles. The smallest absolute Gasteiger partial charge is 0.303 e. The van der Waals surface area contributed by atoms with E-state index in [1.54, 1.807) is 11.3 Å². The fraction of sp³-hybridized carbons (Fsp3) is 0.250. The van der Waals surface area contributed by atoms with Crippen LogP contribution in [0.25, 0.3) is 10.1 Å². The van der Waals surface area contributed by atoms with E-state index in [-0.39, 0.29) is 12.3 Å². The summed E-state index contributed by atoms with van der Waals surface area (Å²) in [5, 5.41) is 12.0. The zero-order valence-corrected chi connectivity index (χ0v) is 11.1. The number of carboxylic acid groups (broad SMARTS) is 1. The summed E-state index contributed by atoms with van der Waals surface area (Å²) in [4.78, 5) is 10.7. The summed E-state index contributed by atoms with van der Waals surface area (Å²) in [5.74, 6) is -0.692. The molecule has 0 fully saturated rings. The molecule has 2 rings (SSSR count). The molecule has 1 aromatic carbocycles. The molecule has 84 valence electrons. The van der Waals surface area contributed by atoms with Crippen molar-refractivity contribution in [2.75, 3.05) is 0 Å². The number of thiophene rings is 1. The van der Waals surface area contributed by atoms with E-state index in [2.05, 4.69) is 33.4 Å². The predicted molar refractivity (Wildman–Crippen MR) is 70.2 cm³/mol. The zero-order valence-electron chi connectivity index (χ0n) is 8.74. The second-order valence-corrected chi connectivity index (χ2v) is 5.66. The fourth-order valence-electron chi connectivity index (χ4n) is 1.77. The molecule has 1 N–H and O–H groups in total. The van der Waals surface area contributed by atoms with Gasteiger partial charge in [-0.2, -0.15) is 0 Å². The average molecular weight is 299 g/mol. The minimum atomic E-state index is -0.748. The summed E-state index contributed by atoms with van der Waals surface area (Å²) in [6.45, 7) is 1.95. The van der Waals surface area contributed by atoms with Crippen molar-refractivity contribution >= 4 is 43.3 Å². The average Bonchev–Trinajstić information content (AvgIpc) is 2.59. The lowest BCUT2D eigenvalue weighted by Gasteiger charge is -2.07. The number of hydrogen-bond donors (Lipinski definition) is 1. The second-order valence-electron chi connectivity index (χ2n) is 3.83. The zero-order chi connectivity index (χ0) is 11.7. The van der Waals surface area contributed by atoms with Crippen molar-refractivity contribution in [2.24, 2.45) is 0 Å². The SMILES string of the molecule is CC(CC(=O)O)c1csc2ccc(Br)cc12. The van der Waals surface area contributed by atoms with Gasteiger partial charge in [0.25, 0.3) is 0 Å². The summed E-state index contributed by atoms with van der Waals surface area (Å²) >= 11 is 5.10. The van der Waals surface area contributed by atoms with Gasteiger partial charge in [0.2, 0.25) is 0 Å². The van der Waals surface area contributed by atoms with Gasteiger partial charge in [-0.3, -0.25) is 4.79 Å². The van der Waals surface area contributed by atoms with Crippen molar-refractivity contribution in [1.82, 2.24) is 0 Å². The molecule has 1 unspecified atom stereocenters. The topological polar surface area (TPSA) is 37.3 Å². The first-order valence-electron chi connectivity index (χ1n) is 4.96. The third-order valence-electron chi connectivity index (χ3n) is 2.58. The van der Waals surface area contributed by atoms with Gasteiger partial charge in [-0.05, 0) is 40.4 Å². The van der Waals surface area contributed by atoms with Gasteiger partial charge in [0.15, 0.2) is 0 Å². The van der Waals surface area contributed by atoms with E-state index in [4.69, 9.17) is 5.11 Å². The first-order valence-corrected chi connectivity index (χ1v) is 6.63. The monoisotopic (exact) mass is 298 g/mol. The minimum Gasteiger partial charge on any atom is -0.481 e. The molecule has 16 heavy (non-hydrogen) atoms. The number of carboxylic acids is 1. The van der Waals surface area contributed by atoms with Crippen molar-refractivity contribution in [3.05, 3.63) is 33.6 Å². The molecular formula is C12H11BrO2S. The minimum absolute atomic E-state index is 0.0561. The van der Waals surface area contributed by atoms with Crippen LogP contribution >= 0.6 is 27.3 Å². The third kappa shape index (κ3) is 2.28. The maximum atomic E-state index is 10.7. The first kappa shape index (κ1) is 11.6. The van der Waals surface area contributed by atoms with Crippen molar-refractivity contribution in [3.63, 3.8) is 0 Å². The molecule has 4 heteroatoms. The van der Waals surface area contributed by atoms with Gasteiger partial charge in [-0.15, -0.1) is 11.3 Å². The summed E-state index contributed by atoms with van der Waals surface area (Å²) in [6, 6.07) is 6.12. The number of aliphatic carboxylic acids is 1. The molecule has 0 aliphatic rings. The van der Waals surface area contributed by atoms with Gasteiger partial charge in [-0.1, -0.05) is 22.9 Å². The summed E-state index contributed by atoms with van der Waals surface area (Å²) in [6.07, 6.45) is 0.179. The molecule has 2 aromatic rings. The maximum Gasteiger partial charge on any atom is 0.303 e. The standard InChI is InChI=1S/C12H11BrO2S/c1-7(4-12(14)15)10-6-16-11-3-2-8(13)5-9(10)11/h2-3,5-7H,4H2,1H3,(H,14,15). The van der Waals surface area contributed by atoms with Gasteiger partial charge in [-0.25, -0.2) is 0 Å². The highest BCUT2D eigenvalue weighted by molar-refractivity contribution is 9.10. The fourth-order valence-corrected chi connectivity index (χ4v) is 3.20. The molecule has 1 aromatic heterocycles. The lowest BCUT2D eigenvalue weighted by atomic mass is 9.97. The Morgan fingerprint density at radius 1 is 1.56 bits per heavy atom. The number of carbonyl (C=O) groups is 1. The molecule has 0 spiro atoms. The van der Waals surface area contributed by atoms with Crippen LogP contribution in [0.4, 0.5) is 0 Å². The van der Waals surface area contributed by atoms with Gasteiger partial charge in [0.05, 0.1) is 6.42 Å². The molecule has 0 radical (unpaired) electrons. The van der Waals surface area contributed by atoms with Gasteiger partial charge in [0.1, 0.15) is 0 Å². The van der Waals surface area contributed by atoms with E-state index in [9.17, 15) is 4.79 Å². The van der Waals surface area contributed by atoms with E-state index in [0.29, 0.717) is 0 Å². The largest absolute Gasteiger partial charge is 0.481 e. The van der Waals surface area contributed by atoms with E-state index in [1.165, 1.54) is 4.70 Å². The van der Waals surface area contributed by atoms with Crippen molar-refractivity contribution < 1.29 is 9.90 Å². The summed E-state index contributed by atoms with van der Waals surface area (Å²) in [5.41, 5.74) is 1.13. The lowest BCUT2D eigenvalue weighted by molar-refractivity contribution is -0.137. The molecular weight excluding hydrogens is 288 g/mol. The van der Waals surface area contributed by atoms with Crippen LogP contribution in [0, 0.1) is 0 Å². The number of fused-ring (bicyclic) bond motifs is 1. The maximum absolute atomic E-state index is 10.7. The van der Waals surface area contributed by atoms with E-state index in [1.807, 2.05) is 13.0 Å². The van der Waals surface area contributed by atoms with Gasteiger partial charge < -0.3 is 5.11 Å². The highest BCUT2D eigenvalue weighted by Crippen LogP contribution is 2.34. The molecule has 0 aliphatic heterocycles. The Morgan fingerprint density at radius 2 is 2.31 bits per heavy atom. The molecule has 1 heterocycles. The molecule has 1 atom stereocenters. The lowest BCUT2D eigenvalue weighted by Crippen LogP contribution is -2.02. The highest BCUT2D eigenvalue weighted by atomic mass is 79.9. The molecule has 0 saturated heterocycles. The van der Waals surface area contributed by atoms with Crippen LogP contribution in [-0.2, 0) is 4.79 Å². The highest BCUT2D eigenvalue weighted by Gasteiger charge is 2.14. The molecule has 0 saturated carbocycles. The first-order chi connectivity index (χ1) is 7.58. The molecule has 0 bridgehead atoms. The van der Waals surface area contributed by atoms with E-state index >= 15 is 0 Å². The van der Waals surface area contributed by atoms with E-state index < -0.39 is 5.97 Å². The number of benzene rings is 1. The number of hydrogen-bond acceptors (Lipinski definition) is 2. The molecule has 2 nitrogen and oxygen atoms in total. The Morgan fingerprint density at radius 3 is 3.00 bits per heavy atom. The van der Waals surface area contributed by atoms with Crippen molar-refractivity contribution in [1.29, 1.82) is 0 Å². The van der Waals surface area contributed by atoms with Crippen LogP contribution in [0.15, 0.2) is 28.1 Å². The number of halogens is 1. The Kier molecular flexibility index (Phi) is 3.30. The summed E-state index contributed by atoms with van der Waals surface area (Å²) < 4.78 is 2.23. The molecule has 0 amide bonds. The Hall–Kier alpha value is -0.870. The van der Waals surface area contributed by atoms with Crippen LogP contribution in [0.5, 0.6) is 0 Å². The van der Waals surface area contributed by atoms with Crippen molar-refractivity contribution in [2.45, 2.75) is 19.3 Å². The van der Waals surface area contributed by atoms with Gasteiger partial charge in [0, 0.05) is 9.17 Å².